The fourth-order valence-corrected chi connectivity index (χ4v) is 3.57. The number of methoxy groups -OCH3 is 1. The van der Waals surface area contributed by atoms with Gasteiger partial charge >= 0.3 is 11.9 Å². The summed E-state index contributed by atoms with van der Waals surface area (Å²) in [6, 6.07) is 14.3. The molecule has 32 heavy (non-hydrogen) atoms. The van der Waals surface area contributed by atoms with E-state index in [0.717, 1.165) is 11.1 Å². The molecule has 7 heteroatoms. The van der Waals surface area contributed by atoms with Crippen LogP contribution in [-0.4, -0.2) is 48.0 Å². The first-order chi connectivity index (χ1) is 15.2. The summed E-state index contributed by atoms with van der Waals surface area (Å²) in [5.41, 5.74) is 2.43. The summed E-state index contributed by atoms with van der Waals surface area (Å²) in [6.07, 6.45) is 0.600. The Bertz CT molecular complexity index is 982. The van der Waals surface area contributed by atoms with Gasteiger partial charge in [0.2, 0.25) is 5.91 Å². The van der Waals surface area contributed by atoms with Gasteiger partial charge in [-0.1, -0.05) is 30.3 Å². The predicted octanol–water partition coefficient (Wildman–Crippen LogP) is 3.57. The molecule has 170 valence electrons. The van der Waals surface area contributed by atoms with Crippen LogP contribution in [0.1, 0.15) is 48.7 Å². The van der Waals surface area contributed by atoms with Crippen LogP contribution < -0.4 is 5.32 Å². The van der Waals surface area contributed by atoms with Crippen LogP contribution in [0.5, 0.6) is 0 Å². The minimum atomic E-state index is -0.744. The van der Waals surface area contributed by atoms with E-state index in [0.29, 0.717) is 30.8 Å². The van der Waals surface area contributed by atoms with Crippen molar-refractivity contribution in [2.24, 2.45) is 0 Å². The number of fused-ring (bicyclic) bond motifs is 1. The van der Waals surface area contributed by atoms with Crippen molar-refractivity contribution in [3.8, 4) is 0 Å². The highest BCUT2D eigenvalue weighted by molar-refractivity contribution is 5.93. The van der Waals surface area contributed by atoms with E-state index in [9.17, 15) is 14.4 Å². The average Bonchev–Trinajstić information content (AvgIpc) is 2.87. The molecule has 1 atom stereocenters. The summed E-state index contributed by atoms with van der Waals surface area (Å²) in [4.78, 5) is 39.4. The van der Waals surface area contributed by atoms with Crippen LogP contribution in [0, 0.1) is 0 Å². The van der Waals surface area contributed by atoms with Gasteiger partial charge in [-0.05, 0) is 56.5 Å². The number of hydrogen-bond acceptors (Lipinski definition) is 6. The normalized spacial score (nSPS) is 15.9. The highest BCUT2D eigenvalue weighted by atomic mass is 16.6. The van der Waals surface area contributed by atoms with Gasteiger partial charge in [-0.25, -0.2) is 4.79 Å². The quantitative estimate of drug-likeness (QED) is 0.694. The number of hydrogen-bond donors (Lipinski definition) is 1. The van der Waals surface area contributed by atoms with Crippen molar-refractivity contribution in [1.29, 1.82) is 0 Å². The molecule has 1 amide bonds. The summed E-state index contributed by atoms with van der Waals surface area (Å²) in [7, 11) is 1.30. The molecule has 2 aromatic carbocycles. The topological polar surface area (TPSA) is 84.9 Å². The minimum absolute atomic E-state index is 0.0789. The molecule has 0 aliphatic carbocycles. The Morgan fingerprint density at radius 1 is 1.12 bits per heavy atom. The summed E-state index contributed by atoms with van der Waals surface area (Å²) < 4.78 is 10.3. The molecule has 0 saturated heterocycles. The average molecular weight is 439 g/mol. The fourth-order valence-electron chi connectivity index (χ4n) is 3.57. The SMILES string of the molecule is COC(=O)CC1Nc2ccc(C(=O)OC(C)(C)C)cc2CN(CCc2ccccc2)C1=O. The number of carbonyl (C=O) groups is 3. The van der Waals surface area contributed by atoms with E-state index in [4.69, 9.17) is 9.47 Å². The van der Waals surface area contributed by atoms with E-state index in [1.54, 1.807) is 23.1 Å². The molecule has 1 unspecified atom stereocenters. The Balaban J connectivity index is 1.88. The van der Waals surface area contributed by atoms with Crippen LogP contribution in [0.3, 0.4) is 0 Å². The number of amides is 1. The molecule has 7 nitrogen and oxygen atoms in total. The third-order valence-electron chi connectivity index (χ3n) is 5.15. The van der Waals surface area contributed by atoms with Crippen molar-refractivity contribution in [3.63, 3.8) is 0 Å². The molecule has 1 aliphatic rings. The number of ether oxygens (including phenoxy) is 2. The summed E-state index contributed by atoms with van der Waals surface area (Å²) >= 11 is 0. The van der Waals surface area contributed by atoms with Crippen molar-refractivity contribution >= 4 is 23.5 Å². The van der Waals surface area contributed by atoms with Crippen LogP contribution >= 0.6 is 0 Å². The van der Waals surface area contributed by atoms with E-state index in [1.807, 2.05) is 51.1 Å². The molecule has 0 saturated carbocycles. The maximum Gasteiger partial charge on any atom is 0.338 e. The highest BCUT2D eigenvalue weighted by Gasteiger charge is 2.31. The summed E-state index contributed by atoms with van der Waals surface area (Å²) in [5.74, 6) is -1.06. The first-order valence-electron chi connectivity index (χ1n) is 10.7. The second-order valence-corrected chi connectivity index (χ2v) is 8.85. The Hall–Kier alpha value is -3.35. The van der Waals surface area contributed by atoms with E-state index in [1.165, 1.54) is 7.11 Å². The molecule has 0 spiro atoms. The van der Waals surface area contributed by atoms with Gasteiger partial charge in [-0.15, -0.1) is 0 Å². The molecule has 1 heterocycles. The second kappa shape index (κ2) is 9.85. The Labute approximate surface area is 188 Å². The molecule has 0 radical (unpaired) electrons. The molecule has 0 fully saturated rings. The van der Waals surface area contributed by atoms with Gasteiger partial charge < -0.3 is 19.7 Å². The molecule has 3 rings (SSSR count). The van der Waals surface area contributed by atoms with E-state index >= 15 is 0 Å². The first kappa shape index (κ1) is 23.3. The number of anilines is 1. The van der Waals surface area contributed by atoms with Gasteiger partial charge in [0.25, 0.3) is 0 Å². The van der Waals surface area contributed by atoms with Crippen LogP contribution in [0.25, 0.3) is 0 Å². The van der Waals surface area contributed by atoms with Gasteiger partial charge in [0.15, 0.2) is 0 Å². The van der Waals surface area contributed by atoms with E-state index in [2.05, 4.69) is 5.32 Å². The van der Waals surface area contributed by atoms with Gasteiger partial charge in [-0.2, -0.15) is 0 Å². The predicted molar refractivity (Wildman–Crippen MR) is 121 cm³/mol. The molecule has 2 aromatic rings. The lowest BCUT2D eigenvalue weighted by molar-refractivity contribution is -0.144. The minimum Gasteiger partial charge on any atom is -0.469 e. The lowest BCUT2D eigenvalue weighted by Crippen LogP contribution is -2.42. The molecular weight excluding hydrogens is 408 g/mol. The highest BCUT2D eigenvalue weighted by Crippen LogP contribution is 2.27. The number of rotatable bonds is 6. The lowest BCUT2D eigenvalue weighted by Gasteiger charge is -2.24. The fraction of sp³-hybridized carbons (Fsp3) is 0.400. The molecule has 0 aromatic heterocycles. The second-order valence-electron chi connectivity index (χ2n) is 8.85. The zero-order chi connectivity index (χ0) is 23.3. The maximum atomic E-state index is 13.3. The number of nitrogens with zero attached hydrogens (tertiary/aromatic N) is 1. The Morgan fingerprint density at radius 3 is 2.50 bits per heavy atom. The monoisotopic (exact) mass is 438 g/mol. The number of carbonyl (C=O) groups excluding carboxylic acids is 3. The molecule has 0 bridgehead atoms. The van der Waals surface area contributed by atoms with Crippen LogP contribution in [0.4, 0.5) is 5.69 Å². The van der Waals surface area contributed by atoms with E-state index < -0.39 is 23.6 Å². The summed E-state index contributed by atoms with van der Waals surface area (Å²) in [6.45, 7) is 6.26. The van der Waals surface area contributed by atoms with E-state index in [-0.39, 0.29) is 12.3 Å². The molecular formula is C25H30N2O5. The van der Waals surface area contributed by atoms with Gasteiger partial charge in [0.05, 0.1) is 19.1 Å². The number of benzene rings is 2. The molecule has 1 N–H and O–H groups in total. The van der Waals surface area contributed by atoms with Crippen LogP contribution in [0.15, 0.2) is 48.5 Å². The zero-order valence-electron chi connectivity index (χ0n) is 19.0. The Kier molecular flexibility index (Phi) is 7.18. The third kappa shape index (κ3) is 6.09. The van der Waals surface area contributed by atoms with Crippen molar-refractivity contribution in [1.82, 2.24) is 4.90 Å². The molecule has 1 aliphatic heterocycles. The zero-order valence-corrected chi connectivity index (χ0v) is 19.0. The smallest absolute Gasteiger partial charge is 0.338 e. The van der Waals surface area contributed by atoms with Gasteiger partial charge in [0.1, 0.15) is 11.6 Å². The Morgan fingerprint density at radius 2 is 1.84 bits per heavy atom. The van der Waals surface area contributed by atoms with Crippen molar-refractivity contribution in [3.05, 3.63) is 65.2 Å². The van der Waals surface area contributed by atoms with Crippen LogP contribution in [-0.2, 0) is 32.0 Å². The summed E-state index contributed by atoms with van der Waals surface area (Å²) in [5, 5.41) is 3.17. The first-order valence-corrected chi connectivity index (χ1v) is 10.7. The van der Waals surface area contributed by atoms with Gasteiger partial charge in [-0.3, -0.25) is 9.59 Å². The number of nitrogens with one attached hydrogen (secondary N) is 1. The van der Waals surface area contributed by atoms with Crippen molar-refractivity contribution in [2.45, 2.75) is 51.8 Å². The van der Waals surface area contributed by atoms with Crippen molar-refractivity contribution in [2.75, 3.05) is 19.0 Å². The van der Waals surface area contributed by atoms with Crippen molar-refractivity contribution < 1.29 is 23.9 Å². The van der Waals surface area contributed by atoms with Gasteiger partial charge in [0, 0.05) is 18.8 Å². The standard InChI is InChI=1S/C25H30N2O5/c1-25(2,3)32-24(30)18-10-11-20-19(14-18)16-27(13-12-17-8-6-5-7-9-17)23(29)21(26-20)15-22(28)31-4/h5-11,14,21,26H,12-13,15-16H2,1-4H3. The number of esters is 2. The maximum absolute atomic E-state index is 13.3. The largest absolute Gasteiger partial charge is 0.469 e. The lowest BCUT2D eigenvalue weighted by atomic mass is 10.1. The van der Waals surface area contributed by atoms with Crippen LogP contribution in [0.2, 0.25) is 0 Å². The third-order valence-corrected chi connectivity index (χ3v) is 5.15.